The summed E-state index contributed by atoms with van der Waals surface area (Å²) in [5.74, 6) is -2.37. The number of sulfone groups is 1. The van der Waals surface area contributed by atoms with E-state index in [1.807, 2.05) is 0 Å². The summed E-state index contributed by atoms with van der Waals surface area (Å²) in [7, 11) is -4.03. The highest BCUT2D eigenvalue weighted by molar-refractivity contribution is 7.92. The molecule has 1 aliphatic rings. The first kappa shape index (κ1) is 15.0. The van der Waals surface area contributed by atoms with Crippen molar-refractivity contribution < 1.29 is 27.4 Å². The lowest BCUT2D eigenvalue weighted by Crippen LogP contribution is -2.29. The highest BCUT2D eigenvalue weighted by Gasteiger charge is 2.48. The molecule has 3 rings (SSSR count). The maximum Gasteiger partial charge on any atom is 0.215 e. The van der Waals surface area contributed by atoms with Gasteiger partial charge in [0.05, 0.1) is 11.0 Å². The molecule has 0 bridgehead atoms. The summed E-state index contributed by atoms with van der Waals surface area (Å²) in [5, 5.41) is 18.8. The van der Waals surface area contributed by atoms with Crippen molar-refractivity contribution in [1.29, 1.82) is 0 Å². The second kappa shape index (κ2) is 5.08. The van der Waals surface area contributed by atoms with Crippen molar-refractivity contribution in [2.24, 2.45) is 0 Å². The molecule has 0 saturated heterocycles. The largest absolute Gasteiger partial charge is 0.387 e. The van der Waals surface area contributed by atoms with Gasteiger partial charge in [-0.25, -0.2) is 8.42 Å². The Morgan fingerprint density at radius 3 is 2.32 bits per heavy atom. The fraction of sp³-hybridized carbons (Fsp3) is 0.214. The molecule has 1 aromatic carbocycles. The molecular formula is C14H11F2NO4S. The predicted octanol–water partition coefficient (Wildman–Crippen LogP) is 1.28. The maximum atomic E-state index is 13.2. The van der Waals surface area contributed by atoms with Crippen LogP contribution in [-0.2, 0) is 9.84 Å². The third-order valence-corrected chi connectivity index (χ3v) is 5.87. The van der Waals surface area contributed by atoms with E-state index in [4.69, 9.17) is 0 Å². The molecule has 0 amide bonds. The minimum atomic E-state index is -4.03. The van der Waals surface area contributed by atoms with Gasteiger partial charge in [0.2, 0.25) is 11.9 Å². The van der Waals surface area contributed by atoms with Crippen molar-refractivity contribution in [3.05, 3.63) is 59.4 Å². The van der Waals surface area contributed by atoms with E-state index in [9.17, 15) is 27.4 Å². The van der Waals surface area contributed by atoms with E-state index in [0.717, 1.165) is 12.1 Å². The van der Waals surface area contributed by atoms with E-state index in [-0.39, 0.29) is 16.0 Å². The van der Waals surface area contributed by atoms with Gasteiger partial charge in [-0.3, -0.25) is 0 Å². The Balaban J connectivity index is 2.09. The Morgan fingerprint density at radius 1 is 1.14 bits per heavy atom. The first-order valence-corrected chi connectivity index (χ1v) is 7.89. The molecule has 2 aromatic rings. The summed E-state index contributed by atoms with van der Waals surface area (Å²) in [4.78, 5) is 2.79. The van der Waals surface area contributed by atoms with Gasteiger partial charge >= 0.3 is 0 Å². The smallest absolute Gasteiger partial charge is 0.215 e. The van der Waals surface area contributed by atoms with E-state index in [2.05, 4.69) is 4.98 Å². The molecule has 0 radical (unpaired) electrons. The summed E-state index contributed by atoms with van der Waals surface area (Å²) >= 11 is 0. The number of aliphatic hydroxyl groups is 2. The van der Waals surface area contributed by atoms with Crippen LogP contribution in [0, 0.1) is 11.9 Å². The summed E-state index contributed by atoms with van der Waals surface area (Å²) in [6.07, 6.45) is -3.28. The van der Waals surface area contributed by atoms with Crippen LogP contribution in [0.3, 0.4) is 0 Å². The summed E-state index contributed by atoms with van der Waals surface area (Å²) < 4.78 is 51.2. The summed E-state index contributed by atoms with van der Waals surface area (Å²) in [6, 6.07) is 7.26. The number of fused-ring (bicyclic) bond motifs is 1. The van der Waals surface area contributed by atoms with E-state index in [1.165, 1.54) is 18.2 Å². The van der Waals surface area contributed by atoms with Crippen LogP contribution >= 0.6 is 0 Å². The molecule has 3 atom stereocenters. The number of rotatable bonds is 2. The first-order chi connectivity index (χ1) is 10.3. The highest BCUT2D eigenvalue weighted by atomic mass is 32.2. The van der Waals surface area contributed by atoms with Gasteiger partial charge in [0.25, 0.3) is 0 Å². The lowest BCUT2D eigenvalue weighted by Gasteiger charge is -2.21. The minimum absolute atomic E-state index is 0.0958. The fourth-order valence-corrected chi connectivity index (χ4v) is 4.72. The molecule has 8 heteroatoms. The van der Waals surface area contributed by atoms with E-state index < -0.39 is 39.2 Å². The average Bonchev–Trinajstić information content (AvgIpc) is 2.65. The lowest BCUT2D eigenvalue weighted by atomic mass is 9.99. The van der Waals surface area contributed by atoms with Crippen LogP contribution in [0.15, 0.2) is 41.3 Å². The van der Waals surface area contributed by atoms with Crippen molar-refractivity contribution in [3.63, 3.8) is 0 Å². The van der Waals surface area contributed by atoms with Crippen LogP contribution in [0.25, 0.3) is 0 Å². The standard InChI is InChI=1S/C14H11F2NO4S/c15-10-5-7(6-11(16)17-10)12(18)14-13(19)8-3-1-2-4-9(8)22(14,20)21/h1-6,12-14,18-19H. The zero-order valence-electron chi connectivity index (χ0n) is 11.0. The number of aromatic nitrogens is 1. The van der Waals surface area contributed by atoms with Crippen LogP contribution in [0.4, 0.5) is 8.78 Å². The average molecular weight is 327 g/mol. The molecule has 22 heavy (non-hydrogen) atoms. The van der Waals surface area contributed by atoms with Gasteiger partial charge < -0.3 is 10.2 Å². The third-order valence-electron chi connectivity index (χ3n) is 3.65. The number of nitrogens with zero attached hydrogens (tertiary/aromatic N) is 1. The van der Waals surface area contributed by atoms with Gasteiger partial charge in [0.15, 0.2) is 9.84 Å². The minimum Gasteiger partial charge on any atom is -0.387 e. The molecule has 1 aliphatic heterocycles. The van der Waals surface area contributed by atoms with Gasteiger partial charge in [-0.2, -0.15) is 13.8 Å². The van der Waals surface area contributed by atoms with Crippen molar-refractivity contribution in [2.75, 3.05) is 0 Å². The number of hydrogen-bond donors (Lipinski definition) is 2. The van der Waals surface area contributed by atoms with E-state index >= 15 is 0 Å². The van der Waals surface area contributed by atoms with Gasteiger partial charge in [-0.1, -0.05) is 18.2 Å². The Labute approximate surface area is 124 Å². The summed E-state index contributed by atoms with van der Waals surface area (Å²) in [5.41, 5.74) is -0.146. The van der Waals surface area contributed by atoms with Crippen molar-refractivity contribution in [2.45, 2.75) is 22.4 Å². The summed E-state index contributed by atoms with van der Waals surface area (Å²) in [6.45, 7) is 0. The molecule has 0 saturated carbocycles. The Bertz CT molecular complexity index is 820. The quantitative estimate of drug-likeness (QED) is 0.812. The predicted molar refractivity (Wildman–Crippen MR) is 71.5 cm³/mol. The van der Waals surface area contributed by atoms with Crippen LogP contribution in [-0.4, -0.2) is 28.9 Å². The molecule has 0 spiro atoms. The number of hydrogen-bond acceptors (Lipinski definition) is 5. The third kappa shape index (κ3) is 2.20. The van der Waals surface area contributed by atoms with E-state index in [0.29, 0.717) is 0 Å². The van der Waals surface area contributed by atoms with Crippen molar-refractivity contribution in [1.82, 2.24) is 4.98 Å². The molecule has 116 valence electrons. The topological polar surface area (TPSA) is 87.5 Å². The number of aliphatic hydroxyl groups excluding tert-OH is 2. The lowest BCUT2D eigenvalue weighted by molar-refractivity contribution is 0.0881. The van der Waals surface area contributed by atoms with Gasteiger partial charge in [0.1, 0.15) is 11.4 Å². The van der Waals surface area contributed by atoms with Gasteiger partial charge in [-0.05, 0) is 23.8 Å². The van der Waals surface area contributed by atoms with Gasteiger partial charge in [0, 0.05) is 5.56 Å². The number of halogens is 2. The van der Waals surface area contributed by atoms with Crippen LogP contribution < -0.4 is 0 Å². The zero-order chi connectivity index (χ0) is 16.1. The molecule has 2 heterocycles. The Hall–Kier alpha value is -1.90. The molecular weight excluding hydrogens is 316 g/mol. The Morgan fingerprint density at radius 2 is 1.73 bits per heavy atom. The van der Waals surface area contributed by atoms with Crippen molar-refractivity contribution >= 4 is 9.84 Å². The molecule has 2 N–H and O–H groups in total. The molecule has 1 aromatic heterocycles. The molecule has 3 unspecified atom stereocenters. The van der Waals surface area contributed by atoms with Crippen LogP contribution in [0.2, 0.25) is 0 Å². The van der Waals surface area contributed by atoms with E-state index in [1.54, 1.807) is 6.07 Å². The second-order valence-electron chi connectivity index (χ2n) is 4.98. The zero-order valence-corrected chi connectivity index (χ0v) is 11.8. The van der Waals surface area contributed by atoms with Crippen molar-refractivity contribution in [3.8, 4) is 0 Å². The fourth-order valence-electron chi connectivity index (χ4n) is 2.66. The maximum absolute atomic E-state index is 13.2. The highest BCUT2D eigenvalue weighted by Crippen LogP contribution is 2.44. The number of pyridine rings is 1. The van der Waals surface area contributed by atoms with Crippen LogP contribution in [0.5, 0.6) is 0 Å². The number of benzene rings is 1. The molecule has 5 nitrogen and oxygen atoms in total. The second-order valence-corrected chi connectivity index (χ2v) is 7.06. The molecule has 0 aliphatic carbocycles. The van der Waals surface area contributed by atoms with Crippen LogP contribution in [0.1, 0.15) is 23.3 Å². The SMILES string of the molecule is O=S1(=O)c2ccccc2C(O)C1C(O)c1cc(F)nc(F)c1. The normalized spacial score (nSPS) is 24.0. The first-order valence-electron chi connectivity index (χ1n) is 6.34. The monoisotopic (exact) mass is 327 g/mol. The van der Waals surface area contributed by atoms with Gasteiger partial charge in [-0.15, -0.1) is 0 Å². The molecule has 0 fully saturated rings. The Kier molecular flexibility index (Phi) is 3.47.